The van der Waals surface area contributed by atoms with Crippen LogP contribution in [0.1, 0.15) is 24.8 Å². The Morgan fingerprint density at radius 3 is 2.56 bits per heavy atom. The van der Waals surface area contributed by atoms with Gasteiger partial charge in [-0.1, -0.05) is 6.92 Å². The highest BCUT2D eigenvalue weighted by Gasteiger charge is 2.25. The minimum absolute atomic E-state index is 0.112. The van der Waals surface area contributed by atoms with Crippen molar-refractivity contribution in [2.24, 2.45) is 0 Å². The summed E-state index contributed by atoms with van der Waals surface area (Å²) in [5, 5.41) is 29.3. The first-order valence-corrected chi connectivity index (χ1v) is 5.20. The number of hydrogen-bond donors (Lipinski definition) is 2. The number of carboxylic acids is 1. The lowest BCUT2D eigenvalue weighted by molar-refractivity contribution is -0.386. The van der Waals surface area contributed by atoms with Gasteiger partial charge in [-0.2, -0.15) is 0 Å². The third-order valence-corrected chi connectivity index (χ3v) is 2.60. The van der Waals surface area contributed by atoms with Crippen LogP contribution in [0.3, 0.4) is 0 Å². The maximum Gasteiger partial charge on any atom is 0.314 e. The summed E-state index contributed by atoms with van der Waals surface area (Å²) in [6, 6.07) is 2.35. The van der Waals surface area contributed by atoms with Crippen molar-refractivity contribution in [3.8, 4) is 11.5 Å². The molecule has 0 radical (unpaired) electrons. The summed E-state index contributed by atoms with van der Waals surface area (Å²) < 4.78 is 4.80. The topological polar surface area (TPSA) is 110 Å². The standard InChI is InChI=1S/C11H13NO6/c1-3-7(11(14)15)6-4-8(12(16)17)10(13)9(5-6)18-2/h4-5,7,13H,3H2,1-2H3,(H,14,15). The number of nitro benzene ring substituents is 1. The molecule has 0 fully saturated rings. The van der Waals surface area contributed by atoms with Crippen molar-refractivity contribution in [1.82, 2.24) is 0 Å². The minimum Gasteiger partial charge on any atom is -0.500 e. The van der Waals surface area contributed by atoms with Gasteiger partial charge in [-0.3, -0.25) is 14.9 Å². The Hall–Kier alpha value is -2.31. The number of carbonyl (C=O) groups is 1. The Balaban J connectivity index is 3.42. The van der Waals surface area contributed by atoms with Gasteiger partial charge in [0.05, 0.1) is 18.0 Å². The zero-order chi connectivity index (χ0) is 13.9. The van der Waals surface area contributed by atoms with Crippen LogP contribution < -0.4 is 4.74 Å². The van der Waals surface area contributed by atoms with Gasteiger partial charge in [0.25, 0.3) is 0 Å². The Morgan fingerprint density at radius 1 is 1.56 bits per heavy atom. The van der Waals surface area contributed by atoms with Crippen LogP contribution >= 0.6 is 0 Å². The van der Waals surface area contributed by atoms with Gasteiger partial charge in [0.2, 0.25) is 5.75 Å². The summed E-state index contributed by atoms with van der Waals surface area (Å²) in [6.45, 7) is 1.66. The summed E-state index contributed by atoms with van der Waals surface area (Å²) in [6.07, 6.45) is 0.278. The van der Waals surface area contributed by atoms with Crippen LogP contribution in [0.15, 0.2) is 12.1 Å². The van der Waals surface area contributed by atoms with E-state index in [9.17, 15) is 20.0 Å². The highest BCUT2D eigenvalue weighted by Crippen LogP contribution is 2.39. The number of ether oxygens (including phenoxy) is 1. The molecule has 7 heteroatoms. The molecule has 1 aromatic carbocycles. The molecule has 0 aliphatic rings. The number of hydrogen-bond acceptors (Lipinski definition) is 5. The first kappa shape index (κ1) is 13.8. The largest absolute Gasteiger partial charge is 0.500 e. The molecule has 1 unspecified atom stereocenters. The minimum atomic E-state index is -1.08. The summed E-state index contributed by atoms with van der Waals surface area (Å²) in [5.41, 5.74) is -0.338. The molecule has 1 atom stereocenters. The first-order chi connectivity index (χ1) is 8.42. The van der Waals surface area contributed by atoms with Crippen molar-refractivity contribution >= 4 is 11.7 Å². The molecule has 7 nitrogen and oxygen atoms in total. The van der Waals surface area contributed by atoms with Crippen molar-refractivity contribution in [1.29, 1.82) is 0 Å². The predicted octanol–water partition coefficient (Wildman–Crippen LogP) is 1.89. The van der Waals surface area contributed by atoms with Gasteiger partial charge in [-0.25, -0.2) is 0 Å². The number of aromatic hydroxyl groups is 1. The first-order valence-electron chi connectivity index (χ1n) is 5.20. The molecule has 0 aliphatic carbocycles. The maximum absolute atomic E-state index is 11.0. The van der Waals surface area contributed by atoms with Gasteiger partial charge in [-0.15, -0.1) is 0 Å². The predicted molar refractivity (Wildman–Crippen MR) is 62.0 cm³/mol. The molecule has 0 saturated carbocycles. The van der Waals surface area contributed by atoms with Crippen LogP contribution in [-0.2, 0) is 4.79 Å². The van der Waals surface area contributed by atoms with E-state index < -0.39 is 28.2 Å². The monoisotopic (exact) mass is 255 g/mol. The molecule has 98 valence electrons. The quantitative estimate of drug-likeness (QED) is 0.614. The van der Waals surface area contributed by atoms with Crippen LogP contribution in [0.25, 0.3) is 0 Å². The van der Waals surface area contributed by atoms with Crippen LogP contribution in [-0.4, -0.2) is 28.2 Å². The summed E-state index contributed by atoms with van der Waals surface area (Å²) in [4.78, 5) is 21.0. The normalized spacial score (nSPS) is 11.9. The van der Waals surface area contributed by atoms with E-state index in [0.29, 0.717) is 0 Å². The third-order valence-electron chi connectivity index (χ3n) is 2.60. The van der Waals surface area contributed by atoms with Crippen LogP contribution in [0.4, 0.5) is 5.69 Å². The zero-order valence-corrected chi connectivity index (χ0v) is 9.91. The fourth-order valence-corrected chi connectivity index (χ4v) is 1.66. The number of nitrogens with zero attached hydrogens (tertiary/aromatic N) is 1. The molecule has 0 heterocycles. The van der Waals surface area contributed by atoms with Crippen molar-refractivity contribution in [3.05, 3.63) is 27.8 Å². The third kappa shape index (κ3) is 2.50. The van der Waals surface area contributed by atoms with Crippen molar-refractivity contribution in [3.63, 3.8) is 0 Å². The lowest BCUT2D eigenvalue weighted by Gasteiger charge is -2.12. The van der Waals surface area contributed by atoms with E-state index in [2.05, 4.69) is 0 Å². The fourth-order valence-electron chi connectivity index (χ4n) is 1.66. The summed E-state index contributed by atoms with van der Waals surface area (Å²) in [5.74, 6) is -2.68. The molecule has 18 heavy (non-hydrogen) atoms. The number of methoxy groups -OCH3 is 1. The van der Waals surface area contributed by atoms with Gasteiger partial charge >= 0.3 is 11.7 Å². The SMILES string of the molecule is CCC(C(=O)O)c1cc(OC)c(O)c([N+](=O)[O-])c1. The van der Waals surface area contributed by atoms with Gasteiger partial charge in [0.15, 0.2) is 5.75 Å². The van der Waals surface area contributed by atoms with E-state index in [1.54, 1.807) is 6.92 Å². The molecular formula is C11H13NO6. The fraction of sp³-hybridized carbons (Fsp3) is 0.364. The van der Waals surface area contributed by atoms with Gasteiger partial charge in [0, 0.05) is 6.07 Å². The van der Waals surface area contributed by atoms with Gasteiger partial charge in [-0.05, 0) is 18.1 Å². The molecule has 2 N–H and O–H groups in total. The highest BCUT2D eigenvalue weighted by atomic mass is 16.6. The Kier molecular flexibility index (Phi) is 4.09. The van der Waals surface area contributed by atoms with Crippen LogP contribution in [0.2, 0.25) is 0 Å². The van der Waals surface area contributed by atoms with Gasteiger partial charge < -0.3 is 14.9 Å². The molecule has 0 aliphatic heterocycles. The second-order valence-corrected chi connectivity index (χ2v) is 3.65. The number of aliphatic carboxylic acids is 1. The Bertz CT molecular complexity index is 485. The molecule has 0 saturated heterocycles. The Labute approximate surface area is 103 Å². The zero-order valence-electron chi connectivity index (χ0n) is 9.91. The van der Waals surface area contributed by atoms with E-state index in [0.717, 1.165) is 6.07 Å². The number of carboxylic acid groups (broad SMARTS) is 1. The maximum atomic E-state index is 11.0. The number of benzene rings is 1. The van der Waals surface area contributed by atoms with Crippen molar-refractivity contribution < 1.29 is 24.7 Å². The summed E-state index contributed by atoms with van der Waals surface area (Å²) >= 11 is 0. The Morgan fingerprint density at radius 2 is 2.17 bits per heavy atom. The average molecular weight is 255 g/mol. The number of phenols is 1. The molecule has 1 rings (SSSR count). The second-order valence-electron chi connectivity index (χ2n) is 3.65. The molecule has 1 aromatic rings. The van der Waals surface area contributed by atoms with Crippen molar-refractivity contribution in [2.75, 3.05) is 7.11 Å². The van der Waals surface area contributed by atoms with E-state index in [1.165, 1.54) is 13.2 Å². The number of nitro groups is 1. The van der Waals surface area contributed by atoms with Crippen molar-refractivity contribution in [2.45, 2.75) is 19.3 Å². The second kappa shape index (κ2) is 5.35. The van der Waals surface area contributed by atoms with Crippen LogP contribution in [0.5, 0.6) is 11.5 Å². The lowest BCUT2D eigenvalue weighted by Crippen LogP contribution is -2.11. The highest BCUT2D eigenvalue weighted by molar-refractivity contribution is 5.77. The van der Waals surface area contributed by atoms with Crippen LogP contribution in [0, 0.1) is 10.1 Å². The smallest absolute Gasteiger partial charge is 0.314 e. The van der Waals surface area contributed by atoms with E-state index in [4.69, 9.17) is 9.84 Å². The van der Waals surface area contributed by atoms with Gasteiger partial charge in [0.1, 0.15) is 0 Å². The van der Waals surface area contributed by atoms with E-state index >= 15 is 0 Å². The van der Waals surface area contributed by atoms with E-state index in [-0.39, 0.29) is 17.7 Å². The molecule has 0 amide bonds. The lowest BCUT2D eigenvalue weighted by atomic mass is 9.95. The number of phenolic OH excluding ortho intramolecular Hbond substituents is 1. The number of rotatable bonds is 5. The summed E-state index contributed by atoms with van der Waals surface area (Å²) in [7, 11) is 1.24. The molecule has 0 spiro atoms. The molecule has 0 aromatic heterocycles. The van der Waals surface area contributed by atoms with E-state index in [1.807, 2.05) is 0 Å². The average Bonchev–Trinajstić information content (AvgIpc) is 2.30. The molecule has 0 bridgehead atoms. The molecular weight excluding hydrogens is 242 g/mol.